The maximum Gasteiger partial charge on any atom is 0.323 e. The molecule has 1 N–H and O–H groups in total. The first kappa shape index (κ1) is 14.1. The molecule has 0 amide bonds. The van der Waals surface area contributed by atoms with Crippen LogP contribution >= 0.6 is 11.3 Å². The van der Waals surface area contributed by atoms with E-state index in [1.54, 1.807) is 0 Å². The van der Waals surface area contributed by atoms with Gasteiger partial charge in [0.05, 0.1) is 5.69 Å². The molecule has 0 spiro atoms. The van der Waals surface area contributed by atoms with Gasteiger partial charge in [-0.2, -0.15) is 0 Å². The second-order valence-corrected chi connectivity index (χ2v) is 6.18. The summed E-state index contributed by atoms with van der Waals surface area (Å²) in [5.74, 6) is -0.793. The van der Waals surface area contributed by atoms with Gasteiger partial charge in [0, 0.05) is 17.0 Å². The molecule has 0 atom stereocenters. The van der Waals surface area contributed by atoms with E-state index in [2.05, 4.69) is 4.98 Å². The van der Waals surface area contributed by atoms with Crippen LogP contribution in [0, 0.1) is 0 Å². The second kappa shape index (κ2) is 6.26. The number of aromatic nitrogens is 1. The van der Waals surface area contributed by atoms with Crippen LogP contribution in [0.4, 0.5) is 5.13 Å². The van der Waals surface area contributed by atoms with E-state index in [1.807, 2.05) is 40.6 Å². The molecule has 0 unspecified atom stereocenters. The van der Waals surface area contributed by atoms with Crippen molar-refractivity contribution in [3.63, 3.8) is 0 Å². The third-order valence-electron chi connectivity index (χ3n) is 3.88. The quantitative estimate of drug-likeness (QED) is 0.916. The number of nitrogens with zero attached hydrogens (tertiary/aromatic N) is 2. The Labute approximate surface area is 128 Å². The fourth-order valence-corrected chi connectivity index (χ4v) is 3.76. The van der Waals surface area contributed by atoms with Gasteiger partial charge in [-0.25, -0.2) is 4.98 Å². The standard InChI is InChI=1S/C16H18N2O2S/c19-15(20)10-18(13-8-4-5-9-13)16-17-14(11-21-16)12-6-2-1-3-7-12/h1-3,6-7,11,13H,4-5,8-10H2,(H,19,20). The predicted molar refractivity (Wildman–Crippen MR) is 84.8 cm³/mol. The van der Waals surface area contributed by atoms with E-state index in [1.165, 1.54) is 24.2 Å². The van der Waals surface area contributed by atoms with Crippen molar-refractivity contribution in [3.05, 3.63) is 35.7 Å². The monoisotopic (exact) mass is 302 g/mol. The molecule has 0 radical (unpaired) electrons. The Morgan fingerprint density at radius 3 is 2.67 bits per heavy atom. The van der Waals surface area contributed by atoms with Crippen molar-refractivity contribution in [1.82, 2.24) is 4.98 Å². The highest BCUT2D eigenvalue weighted by molar-refractivity contribution is 7.14. The van der Waals surface area contributed by atoms with Crippen LogP contribution in [0.1, 0.15) is 25.7 Å². The number of thiazole rings is 1. The minimum Gasteiger partial charge on any atom is -0.480 e. The molecule has 4 nitrogen and oxygen atoms in total. The van der Waals surface area contributed by atoms with Crippen molar-refractivity contribution in [2.24, 2.45) is 0 Å². The molecule has 1 aliphatic rings. The summed E-state index contributed by atoms with van der Waals surface area (Å²) in [6, 6.07) is 10.3. The molecule has 5 heteroatoms. The van der Waals surface area contributed by atoms with Crippen LogP contribution in [-0.4, -0.2) is 28.6 Å². The van der Waals surface area contributed by atoms with Crippen LogP contribution in [0.15, 0.2) is 35.7 Å². The minimum atomic E-state index is -0.793. The number of benzene rings is 1. The lowest BCUT2D eigenvalue weighted by atomic mass is 10.2. The molecule has 1 aliphatic carbocycles. The van der Waals surface area contributed by atoms with Crippen molar-refractivity contribution in [2.45, 2.75) is 31.7 Å². The fourth-order valence-electron chi connectivity index (χ4n) is 2.85. The van der Waals surface area contributed by atoms with Crippen molar-refractivity contribution >= 4 is 22.4 Å². The van der Waals surface area contributed by atoms with Crippen LogP contribution in [0.25, 0.3) is 11.3 Å². The first-order valence-corrected chi connectivity index (χ1v) is 8.11. The maximum absolute atomic E-state index is 11.2. The number of carboxylic acid groups (broad SMARTS) is 1. The highest BCUT2D eigenvalue weighted by Gasteiger charge is 2.26. The number of aliphatic carboxylic acids is 1. The average Bonchev–Trinajstić information content (AvgIpc) is 3.17. The molecule has 110 valence electrons. The van der Waals surface area contributed by atoms with Gasteiger partial charge < -0.3 is 10.0 Å². The zero-order valence-electron chi connectivity index (χ0n) is 11.7. The van der Waals surface area contributed by atoms with Crippen LogP contribution < -0.4 is 4.90 Å². The summed E-state index contributed by atoms with van der Waals surface area (Å²) in [6.07, 6.45) is 4.48. The number of rotatable bonds is 5. The van der Waals surface area contributed by atoms with Crippen molar-refractivity contribution in [2.75, 3.05) is 11.4 Å². The average molecular weight is 302 g/mol. The Kier molecular flexibility index (Phi) is 4.20. The Morgan fingerprint density at radius 1 is 1.29 bits per heavy atom. The molecule has 1 heterocycles. The summed E-state index contributed by atoms with van der Waals surface area (Å²) < 4.78 is 0. The normalized spacial score (nSPS) is 15.2. The van der Waals surface area contributed by atoms with E-state index in [4.69, 9.17) is 5.11 Å². The second-order valence-electron chi connectivity index (χ2n) is 5.34. The minimum absolute atomic E-state index is 0.0341. The third-order valence-corrected chi connectivity index (χ3v) is 4.76. The number of carbonyl (C=O) groups is 1. The zero-order valence-corrected chi connectivity index (χ0v) is 12.6. The Morgan fingerprint density at radius 2 is 2.00 bits per heavy atom. The Balaban J connectivity index is 1.86. The first-order chi connectivity index (χ1) is 10.2. The number of hydrogen-bond acceptors (Lipinski definition) is 4. The predicted octanol–water partition coefficient (Wildman–Crippen LogP) is 3.64. The molecule has 1 fully saturated rings. The van der Waals surface area contributed by atoms with Gasteiger partial charge in [-0.3, -0.25) is 4.79 Å². The Hall–Kier alpha value is -1.88. The van der Waals surface area contributed by atoms with Gasteiger partial charge in [0.25, 0.3) is 0 Å². The van der Waals surface area contributed by atoms with Gasteiger partial charge in [-0.15, -0.1) is 11.3 Å². The highest BCUT2D eigenvalue weighted by atomic mass is 32.1. The molecule has 1 aromatic heterocycles. The van der Waals surface area contributed by atoms with E-state index in [0.717, 1.165) is 29.2 Å². The summed E-state index contributed by atoms with van der Waals surface area (Å²) >= 11 is 1.53. The summed E-state index contributed by atoms with van der Waals surface area (Å²) in [4.78, 5) is 17.8. The van der Waals surface area contributed by atoms with Gasteiger partial charge in [-0.1, -0.05) is 43.2 Å². The van der Waals surface area contributed by atoms with Crippen molar-refractivity contribution in [1.29, 1.82) is 0 Å². The molecule has 0 saturated heterocycles. The molecule has 0 aliphatic heterocycles. The van der Waals surface area contributed by atoms with Crippen LogP contribution in [0.3, 0.4) is 0 Å². The molecular formula is C16H18N2O2S. The van der Waals surface area contributed by atoms with E-state index in [-0.39, 0.29) is 6.54 Å². The largest absolute Gasteiger partial charge is 0.480 e. The lowest BCUT2D eigenvalue weighted by Gasteiger charge is -2.26. The van der Waals surface area contributed by atoms with E-state index in [0.29, 0.717) is 6.04 Å². The van der Waals surface area contributed by atoms with E-state index in [9.17, 15) is 4.79 Å². The number of hydrogen-bond donors (Lipinski definition) is 1. The lowest BCUT2D eigenvalue weighted by molar-refractivity contribution is -0.135. The number of anilines is 1. The van der Waals surface area contributed by atoms with Crippen molar-refractivity contribution in [3.8, 4) is 11.3 Å². The molecule has 2 aromatic rings. The highest BCUT2D eigenvalue weighted by Crippen LogP contribution is 2.32. The van der Waals surface area contributed by atoms with Crippen molar-refractivity contribution < 1.29 is 9.90 Å². The Bertz CT molecular complexity index is 606. The maximum atomic E-state index is 11.2. The molecule has 0 bridgehead atoms. The van der Waals surface area contributed by atoms with Gasteiger partial charge in [-0.05, 0) is 12.8 Å². The summed E-state index contributed by atoms with van der Waals surface area (Å²) in [5, 5.41) is 12.0. The summed E-state index contributed by atoms with van der Waals surface area (Å²) in [7, 11) is 0. The molecule has 1 aromatic carbocycles. The topological polar surface area (TPSA) is 53.4 Å². The first-order valence-electron chi connectivity index (χ1n) is 7.23. The lowest BCUT2D eigenvalue weighted by Crippen LogP contribution is -2.37. The van der Waals surface area contributed by atoms with E-state index >= 15 is 0 Å². The fraction of sp³-hybridized carbons (Fsp3) is 0.375. The molecule has 3 rings (SSSR count). The smallest absolute Gasteiger partial charge is 0.323 e. The summed E-state index contributed by atoms with van der Waals surface area (Å²) in [5.41, 5.74) is 1.99. The third kappa shape index (κ3) is 3.24. The summed E-state index contributed by atoms with van der Waals surface area (Å²) in [6.45, 7) is 0.0341. The van der Waals surface area contributed by atoms with Crippen LogP contribution in [-0.2, 0) is 4.79 Å². The zero-order chi connectivity index (χ0) is 14.7. The molecule has 1 saturated carbocycles. The van der Waals surface area contributed by atoms with Gasteiger partial charge in [0.2, 0.25) is 0 Å². The van der Waals surface area contributed by atoms with Gasteiger partial charge in [0.15, 0.2) is 5.13 Å². The molecular weight excluding hydrogens is 284 g/mol. The van der Waals surface area contributed by atoms with Gasteiger partial charge in [0.1, 0.15) is 6.54 Å². The van der Waals surface area contributed by atoms with Crippen LogP contribution in [0.5, 0.6) is 0 Å². The van der Waals surface area contributed by atoms with E-state index < -0.39 is 5.97 Å². The van der Waals surface area contributed by atoms with Gasteiger partial charge >= 0.3 is 5.97 Å². The molecule has 21 heavy (non-hydrogen) atoms. The van der Waals surface area contributed by atoms with Crippen LogP contribution in [0.2, 0.25) is 0 Å². The number of carboxylic acids is 1. The SMILES string of the molecule is O=C(O)CN(c1nc(-c2ccccc2)cs1)C1CCCC1.